The molecule has 3 aromatic rings. The average molecular weight is 466 g/mol. The first kappa shape index (κ1) is 22.4. The van der Waals surface area contributed by atoms with E-state index in [0.29, 0.717) is 21.9 Å². The number of likely N-dealkylation sites (N-methyl/N-ethyl adjacent to an activating group) is 1. The average Bonchev–Trinajstić information content (AvgIpc) is 3.24. The fourth-order valence-corrected chi connectivity index (χ4v) is 4.59. The van der Waals surface area contributed by atoms with E-state index in [4.69, 9.17) is 29.6 Å². The zero-order chi connectivity index (χ0) is 22.5. The van der Waals surface area contributed by atoms with E-state index in [1.165, 1.54) is 5.56 Å². The molecule has 0 radical (unpaired) electrons. The van der Waals surface area contributed by atoms with Crippen molar-refractivity contribution in [3.05, 3.63) is 83.4 Å². The molecular formula is C25H28ClN5S. The summed E-state index contributed by atoms with van der Waals surface area (Å²) in [6, 6.07) is 24.5. The van der Waals surface area contributed by atoms with Crippen LogP contribution in [0.15, 0.2) is 72.8 Å². The first-order chi connectivity index (χ1) is 15.5. The topological polar surface area (TPSA) is 56.6 Å². The van der Waals surface area contributed by atoms with Crippen molar-refractivity contribution in [1.82, 2.24) is 4.90 Å². The van der Waals surface area contributed by atoms with Crippen LogP contribution < -0.4 is 21.3 Å². The van der Waals surface area contributed by atoms with Crippen molar-refractivity contribution in [3.8, 4) is 0 Å². The Balaban J connectivity index is 1.34. The Bertz CT molecular complexity index is 1060. The van der Waals surface area contributed by atoms with Gasteiger partial charge in [0.1, 0.15) is 0 Å². The van der Waals surface area contributed by atoms with Crippen molar-refractivity contribution < 1.29 is 0 Å². The first-order valence-corrected chi connectivity index (χ1v) is 11.5. The van der Waals surface area contributed by atoms with E-state index in [-0.39, 0.29) is 0 Å². The standard InChI is InChI=1S/C25H28ClN5S/c1-30(22-13-14-31(17-22)16-18-5-3-2-4-6-18)24-12-11-21(15-23(24)26)29-25(32)28-20-9-7-19(27)8-10-20/h2-12,15,22H,13-14,16-17,27H2,1H3,(H2,28,29,32). The number of nitrogens with two attached hydrogens (primary N) is 1. The fourth-order valence-electron chi connectivity index (χ4n) is 4.04. The lowest BCUT2D eigenvalue weighted by molar-refractivity contribution is 0.326. The van der Waals surface area contributed by atoms with Crippen molar-refractivity contribution in [2.75, 3.05) is 41.4 Å². The number of hydrogen-bond donors (Lipinski definition) is 3. The van der Waals surface area contributed by atoms with E-state index >= 15 is 0 Å². The van der Waals surface area contributed by atoms with Crippen LogP contribution in [0.3, 0.4) is 0 Å². The Morgan fingerprint density at radius 1 is 1.06 bits per heavy atom. The Kier molecular flexibility index (Phi) is 7.15. The molecule has 1 saturated heterocycles. The summed E-state index contributed by atoms with van der Waals surface area (Å²) in [7, 11) is 2.12. The molecule has 4 N–H and O–H groups in total. The number of hydrogen-bond acceptors (Lipinski definition) is 4. The van der Waals surface area contributed by atoms with Gasteiger partial charge in [0.15, 0.2) is 5.11 Å². The number of benzene rings is 3. The van der Waals surface area contributed by atoms with Crippen LogP contribution in [0.2, 0.25) is 5.02 Å². The number of thiocarbonyl (C=S) groups is 1. The van der Waals surface area contributed by atoms with Crippen molar-refractivity contribution in [2.45, 2.75) is 19.0 Å². The van der Waals surface area contributed by atoms with Crippen molar-refractivity contribution >= 4 is 51.7 Å². The van der Waals surface area contributed by atoms with Crippen molar-refractivity contribution in [3.63, 3.8) is 0 Å². The molecule has 1 unspecified atom stereocenters. The van der Waals surface area contributed by atoms with Gasteiger partial charge in [-0.1, -0.05) is 41.9 Å². The van der Waals surface area contributed by atoms with E-state index in [9.17, 15) is 0 Å². The van der Waals surface area contributed by atoms with Crippen LogP contribution in [-0.4, -0.2) is 36.2 Å². The summed E-state index contributed by atoms with van der Waals surface area (Å²) in [5, 5.41) is 7.55. The summed E-state index contributed by atoms with van der Waals surface area (Å²) in [6.45, 7) is 3.10. The van der Waals surface area contributed by atoms with Gasteiger partial charge in [-0.25, -0.2) is 0 Å². The monoisotopic (exact) mass is 465 g/mol. The van der Waals surface area contributed by atoms with E-state index in [2.05, 4.69) is 63.9 Å². The molecule has 1 fully saturated rings. The highest BCUT2D eigenvalue weighted by atomic mass is 35.5. The van der Waals surface area contributed by atoms with Gasteiger partial charge in [0, 0.05) is 49.8 Å². The van der Waals surface area contributed by atoms with Gasteiger partial charge < -0.3 is 21.3 Å². The van der Waals surface area contributed by atoms with E-state index in [0.717, 1.165) is 43.1 Å². The normalized spacial score (nSPS) is 16.0. The maximum atomic E-state index is 6.66. The molecule has 32 heavy (non-hydrogen) atoms. The van der Waals surface area contributed by atoms with Crippen LogP contribution in [0.5, 0.6) is 0 Å². The predicted molar refractivity (Wildman–Crippen MR) is 141 cm³/mol. The van der Waals surface area contributed by atoms with Crippen LogP contribution in [0.25, 0.3) is 0 Å². The molecule has 0 amide bonds. The van der Waals surface area contributed by atoms with E-state index in [1.807, 2.05) is 36.4 Å². The molecule has 1 aliphatic heterocycles. The summed E-state index contributed by atoms with van der Waals surface area (Å²) >= 11 is 12.1. The minimum atomic E-state index is 0.434. The lowest BCUT2D eigenvalue weighted by Crippen LogP contribution is -2.34. The summed E-state index contributed by atoms with van der Waals surface area (Å²) < 4.78 is 0. The third kappa shape index (κ3) is 5.71. The molecule has 0 saturated carbocycles. The Morgan fingerprint density at radius 2 is 1.75 bits per heavy atom. The second-order valence-corrected chi connectivity index (χ2v) is 8.96. The third-order valence-corrected chi connectivity index (χ3v) is 6.31. The summed E-state index contributed by atoms with van der Waals surface area (Å²) in [6.07, 6.45) is 1.12. The number of nitrogens with zero attached hydrogens (tertiary/aromatic N) is 2. The maximum Gasteiger partial charge on any atom is 0.175 e. The number of anilines is 4. The van der Waals surface area contributed by atoms with Crippen LogP contribution in [-0.2, 0) is 6.54 Å². The number of likely N-dealkylation sites (tertiary alicyclic amines) is 1. The second kappa shape index (κ2) is 10.2. The fraction of sp³-hybridized carbons (Fsp3) is 0.240. The number of nitrogens with one attached hydrogen (secondary N) is 2. The van der Waals surface area contributed by atoms with E-state index < -0.39 is 0 Å². The summed E-state index contributed by atoms with van der Waals surface area (Å²) in [5.74, 6) is 0. The number of nitrogen functional groups attached to an aromatic ring is 1. The molecule has 166 valence electrons. The molecular weight excluding hydrogens is 438 g/mol. The van der Waals surface area contributed by atoms with Crippen LogP contribution in [0.4, 0.5) is 22.7 Å². The van der Waals surface area contributed by atoms with Gasteiger partial charge in [0.05, 0.1) is 10.7 Å². The van der Waals surface area contributed by atoms with Gasteiger partial charge in [0.25, 0.3) is 0 Å². The highest BCUT2D eigenvalue weighted by molar-refractivity contribution is 7.80. The number of halogens is 1. The van der Waals surface area contributed by atoms with Gasteiger partial charge >= 0.3 is 0 Å². The predicted octanol–water partition coefficient (Wildman–Crippen LogP) is 5.44. The SMILES string of the molecule is CN(c1ccc(NC(=S)Nc2ccc(N)cc2)cc1Cl)C1CCN(Cc2ccccc2)C1. The Labute approximate surface area is 200 Å². The molecule has 0 bridgehead atoms. The van der Waals surface area contributed by atoms with Crippen LogP contribution in [0.1, 0.15) is 12.0 Å². The molecule has 1 heterocycles. The van der Waals surface area contributed by atoms with Crippen LogP contribution in [0, 0.1) is 0 Å². The second-order valence-electron chi connectivity index (χ2n) is 8.14. The molecule has 1 aliphatic rings. The lowest BCUT2D eigenvalue weighted by Gasteiger charge is -2.28. The highest BCUT2D eigenvalue weighted by Crippen LogP contribution is 2.31. The van der Waals surface area contributed by atoms with Gasteiger partial charge in [-0.2, -0.15) is 0 Å². The molecule has 0 aromatic heterocycles. The van der Waals surface area contributed by atoms with Crippen molar-refractivity contribution in [1.29, 1.82) is 0 Å². The van der Waals surface area contributed by atoms with Crippen LogP contribution >= 0.6 is 23.8 Å². The Morgan fingerprint density at radius 3 is 2.47 bits per heavy atom. The minimum absolute atomic E-state index is 0.434. The van der Waals surface area contributed by atoms with E-state index in [1.54, 1.807) is 0 Å². The summed E-state index contributed by atoms with van der Waals surface area (Å²) in [5.41, 5.74) is 10.5. The lowest BCUT2D eigenvalue weighted by atomic mass is 10.2. The molecule has 0 aliphatic carbocycles. The zero-order valence-electron chi connectivity index (χ0n) is 18.1. The largest absolute Gasteiger partial charge is 0.399 e. The highest BCUT2D eigenvalue weighted by Gasteiger charge is 2.26. The Hall–Kier alpha value is -2.80. The third-order valence-electron chi connectivity index (χ3n) is 5.80. The van der Waals surface area contributed by atoms with Gasteiger partial charge in [-0.15, -0.1) is 0 Å². The molecule has 0 spiro atoms. The maximum absolute atomic E-state index is 6.66. The molecule has 1 atom stereocenters. The quantitative estimate of drug-likeness (QED) is 0.333. The molecule has 5 nitrogen and oxygen atoms in total. The van der Waals surface area contributed by atoms with Gasteiger partial charge in [0.2, 0.25) is 0 Å². The summed E-state index contributed by atoms with van der Waals surface area (Å²) in [4.78, 5) is 4.80. The van der Waals surface area contributed by atoms with Gasteiger partial charge in [-0.3, -0.25) is 4.90 Å². The molecule has 3 aromatic carbocycles. The van der Waals surface area contributed by atoms with Crippen molar-refractivity contribution in [2.24, 2.45) is 0 Å². The molecule has 7 heteroatoms. The zero-order valence-corrected chi connectivity index (χ0v) is 19.7. The van der Waals surface area contributed by atoms with Gasteiger partial charge in [-0.05, 0) is 66.7 Å². The number of rotatable bonds is 6. The first-order valence-electron chi connectivity index (χ1n) is 10.7. The smallest absolute Gasteiger partial charge is 0.175 e. The minimum Gasteiger partial charge on any atom is -0.399 e. The molecule has 4 rings (SSSR count).